The Morgan fingerprint density at radius 2 is 1.06 bits per heavy atom. The average Bonchev–Trinajstić information content (AvgIpc) is 3.41. The third-order valence-electron chi connectivity index (χ3n) is 8.16. The SMILES string of the molecule is c1ccc(N2c3ccccc3B3c4ccccc4N(c4ccc5c(c4)CCC5)c4cccc2c43)cc1. The molecule has 0 spiro atoms. The van der Waals surface area contributed by atoms with Crippen molar-refractivity contribution in [3.63, 3.8) is 0 Å². The zero-order valence-electron chi connectivity index (χ0n) is 20.1. The lowest BCUT2D eigenvalue weighted by molar-refractivity contribution is 0.912. The quantitative estimate of drug-likeness (QED) is 0.281. The molecule has 5 aromatic rings. The van der Waals surface area contributed by atoms with Crippen LogP contribution in [0, 0.1) is 0 Å². The summed E-state index contributed by atoms with van der Waals surface area (Å²) in [6.45, 7) is 0.203. The summed E-state index contributed by atoms with van der Waals surface area (Å²) in [5.74, 6) is 0. The molecule has 0 N–H and O–H groups in total. The third kappa shape index (κ3) is 2.74. The Balaban J connectivity index is 1.43. The molecule has 0 aromatic heterocycles. The number of nitrogens with zero attached hydrogens (tertiary/aromatic N) is 2. The van der Waals surface area contributed by atoms with Crippen molar-refractivity contribution in [1.29, 1.82) is 0 Å². The van der Waals surface area contributed by atoms with Crippen molar-refractivity contribution in [2.45, 2.75) is 19.3 Å². The second kappa shape index (κ2) is 7.63. The summed E-state index contributed by atoms with van der Waals surface area (Å²) in [4.78, 5) is 4.94. The van der Waals surface area contributed by atoms with Crippen LogP contribution in [0.25, 0.3) is 0 Å². The van der Waals surface area contributed by atoms with E-state index in [4.69, 9.17) is 0 Å². The predicted molar refractivity (Wildman–Crippen MR) is 152 cm³/mol. The molecule has 0 radical (unpaired) electrons. The van der Waals surface area contributed by atoms with Crippen LogP contribution >= 0.6 is 0 Å². The first-order chi connectivity index (χ1) is 17.9. The number of hydrogen-bond donors (Lipinski definition) is 0. The van der Waals surface area contributed by atoms with Crippen molar-refractivity contribution >= 4 is 57.2 Å². The molecule has 2 heterocycles. The number of aryl methyl sites for hydroxylation is 2. The lowest BCUT2D eigenvalue weighted by Crippen LogP contribution is -2.61. The van der Waals surface area contributed by atoms with E-state index in [0.29, 0.717) is 0 Å². The summed E-state index contributed by atoms with van der Waals surface area (Å²) in [6.07, 6.45) is 3.65. The van der Waals surface area contributed by atoms with E-state index in [0.717, 1.165) is 0 Å². The Kier molecular flexibility index (Phi) is 4.24. The van der Waals surface area contributed by atoms with E-state index in [1.54, 1.807) is 0 Å². The van der Waals surface area contributed by atoms with E-state index < -0.39 is 0 Å². The van der Waals surface area contributed by atoms with Gasteiger partial charge >= 0.3 is 0 Å². The van der Waals surface area contributed by atoms with E-state index in [1.807, 2.05) is 0 Å². The maximum absolute atomic E-state index is 2.50. The van der Waals surface area contributed by atoms with Gasteiger partial charge < -0.3 is 9.80 Å². The lowest BCUT2D eigenvalue weighted by atomic mass is 9.33. The number of fused-ring (bicyclic) bond motifs is 5. The van der Waals surface area contributed by atoms with E-state index in [1.165, 1.54) is 80.9 Å². The van der Waals surface area contributed by atoms with Crippen LogP contribution in [0.5, 0.6) is 0 Å². The standard InChI is InChI=1S/C33H25BN2/c1-2-12-25(13-3-1)35-29-16-6-4-14-27(29)34-28-15-5-7-17-30(28)36(32-19-9-18-31(35)33(32)34)26-21-20-23-10-8-11-24(23)22-26/h1-7,9,12-22H,8,10-11H2. The Morgan fingerprint density at radius 3 is 1.78 bits per heavy atom. The van der Waals surface area contributed by atoms with E-state index in [-0.39, 0.29) is 6.71 Å². The molecular weight excluding hydrogens is 435 g/mol. The molecule has 1 aliphatic carbocycles. The fourth-order valence-corrected chi connectivity index (χ4v) is 6.67. The highest BCUT2D eigenvalue weighted by molar-refractivity contribution is 7.00. The van der Waals surface area contributed by atoms with Crippen molar-refractivity contribution in [3.05, 3.63) is 126 Å². The first kappa shape index (κ1) is 20.0. The maximum atomic E-state index is 2.50. The third-order valence-corrected chi connectivity index (χ3v) is 8.16. The minimum atomic E-state index is 0.203. The zero-order valence-corrected chi connectivity index (χ0v) is 20.1. The van der Waals surface area contributed by atoms with Crippen LogP contribution in [0.4, 0.5) is 34.1 Å². The van der Waals surface area contributed by atoms with Gasteiger partial charge in [-0.2, -0.15) is 0 Å². The molecule has 0 saturated heterocycles. The van der Waals surface area contributed by atoms with E-state index in [2.05, 4.69) is 125 Å². The van der Waals surface area contributed by atoms with Crippen LogP contribution in [0.3, 0.4) is 0 Å². The van der Waals surface area contributed by atoms with Gasteiger partial charge in [0, 0.05) is 34.1 Å². The van der Waals surface area contributed by atoms with Crippen LogP contribution in [0.2, 0.25) is 0 Å². The van der Waals surface area contributed by atoms with Gasteiger partial charge in [-0.05, 0) is 95.3 Å². The Labute approximate surface area is 212 Å². The fourth-order valence-electron chi connectivity index (χ4n) is 6.67. The normalized spacial score (nSPS) is 14.7. The Morgan fingerprint density at radius 1 is 0.472 bits per heavy atom. The topological polar surface area (TPSA) is 6.48 Å². The van der Waals surface area contributed by atoms with Gasteiger partial charge in [-0.3, -0.25) is 0 Å². The van der Waals surface area contributed by atoms with Gasteiger partial charge in [0.05, 0.1) is 0 Å². The number of hydrogen-bond acceptors (Lipinski definition) is 2. The van der Waals surface area contributed by atoms with Gasteiger partial charge in [0.25, 0.3) is 6.71 Å². The monoisotopic (exact) mass is 460 g/mol. The molecule has 3 heteroatoms. The summed E-state index contributed by atoms with van der Waals surface area (Å²) in [6, 6.07) is 42.7. The summed E-state index contributed by atoms with van der Waals surface area (Å²) >= 11 is 0. The van der Waals surface area contributed by atoms with Crippen molar-refractivity contribution < 1.29 is 0 Å². The minimum absolute atomic E-state index is 0.203. The smallest absolute Gasteiger partial charge is 0.252 e. The van der Waals surface area contributed by atoms with Gasteiger partial charge in [0.2, 0.25) is 0 Å². The van der Waals surface area contributed by atoms with Gasteiger partial charge in [0.1, 0.15) is 0 Å². The number of rotatable bonds is 2. The van der Waals surface area contributed by atoms with Gasteiger partial charge in [-0.15, -0.1) is 0 Å². The average molecular weight is 460 g/mol. The van der Waals surface area contributed by atoms with Crippen LogP contribution in [0.1, 0.15) is 17.5 Å². The Hall–Kier alpha value is -4.24. The molecule has 0 unspecified atom stereocenters. The number of benzene rings is 5. The van der Waals surface area contributed by atoms with Crippen molar-refractivity contribution in [2.24, 2.45) is 0 Å². The molecule has 2 aliphatic heterocycles. The van der Waals surface area contributed by atoms with Gasteiger partial charge in [-0.1, -0.05) is 66.7 Å². The summed E-state index contributed by atoms with van der Waals surface area (Å²) in [7, 11) is 0. The molecule has 0 bridgehead atoms. The van der Waals surface area contributed by atoms with Crippen LogP contribution in [-0.4, -0.2) is 6.71 Å². The highest BCUT2D eigenvalue weighted by atomic mass is 15.2. The van der Waals surface area contributed by atoms with Crippen LogP contribution in [0.15, 0.2) is 115 Å². The van der Waals surface area contributed by atoms with Crippen molar-refractivity contribution in [3.8, 4) is 0 Å². The summed E-state index contributed by atoms with van der Waals surface area (Å²) in [5.41, 5.74) is 14.7. The summed E-state index contributed by atoms with van der Waals surface area (Å²) in [5, 5.41) is 0. The largest absolute Gasteiger partial charge is 0.311 e. The molecule has 3 aliphatic rings. The second-order valence-corrected chi connectivity index (χ2v) is 10.1. The van der Waals surface area contributed by atoms with Gasteiger partial charge in [-0.25, -0.2) is 0 Å². The van der Waals surface area contributed by atoms with Crippen LogP contribution in [-0.2, 0) is 12.8 Å². The van der Waals surface area contributed by atoms with E-state index >= 15 is 0 Å². The van der Waals surface area contributed by atoms with Crippen molar-refractivity contribution in [1.82, 2.24) is 0 Å². The molecule has 5 aromatic carbocycles. The molecular formula is C33H25BN2. The molecule has 36 heavy (non-hydrogen) atoms. The molecule has 0 amide bonds. The molecule has 0 saturated carbocycles. The first-order valence-corrected chi connectivity index (χ1v) is 13.0. The molecule has 0 atom stereocenters. The number of para-hydroxylation sites is 3. The molecule has 170 valence electrons. The molecule has 2 nitrogen and oxygen atoms in total. The summed E-state index contributed by atoms with van der Waals surface area (Å²) < 4.78 is 0. The highest BCUT2D eigenvalue weighted by Crippen LogP contribution is 2.44. The maximum Gasteiger partial charge on any atom is 0.252 e. The predicted octanol–water partition coefficient (Wildman–Crippen LogP) is 6.26. The highest BCUT2D eigenvalue weighted by Gasteiger charge is 2.42. The lowest BCUT2D eigenvalue weighted by Gasteiger charge is -2.44. The first-order valence-electron chi connectivity index (χ1n) is 13.0. The number of anilines is 6. The Bertz CT molecular complexity index is 1640. The van der Waals surface area contributed by atoms with Crippen LogP contribution < -0.4 is 26.2 Å². The van der Waals surface area contributed by atoms with E-state index in [9.17, 15) is 0 Å². The van der Waals surface area contributed by atoms with Crippen molar-refractivity contribution in [2.75, 3.05) is 9.80 Å². The molecule has 0 fully saturated rings. The fraction of sp³-hybridized carbons (Fsp3) is 0.0909. The van der Waals surface area contributed by atoms with Gasteiger partial charge in [0.15, 0.2) is 0 Å². The molecule has 8 rings (SSSR count). The minimum Gasteiger partial charge on any atom is -0.311 e. The second-order valence-electron chi connectivity index (χ2n) is 10.1. The zero-order chi connectivity index (χ0) is 23.6.